The highest BCUT2D eigenvalue weighted by Crippen LogP contribution is 2.08. The Bertz CT molecular complexity index is 1150. The molecular weight excluding hydrogens is 554 g/mol. The highest BCUT2D eigenvalue weighted by Gasteiger charge is 2.31. The summed E-state index contributed by atoms with van der Waals surface area (Å²) in [6, 6.07) is 3.76. The molecule has 1 aliphatic rings. The zero-order chi connectivity index (χ0) is 31.2. The minimum atomic E-state index is -1.43. The summed E-state index contributed by atoms with van der Waals surface area (Å²) in [7, 11) is 3.51. The third-order valence-corrected chi connectivity index (χ3v) is 6.42. The van der Waals surface area contributed by atoms with Gasteiger partial charge in [0, 0.05) is 26.3 Å². The lowest BCUT2D eigenvalue weighted by atomic mass is 10.0. The number of carbonyl (C=O) groups is 7. The number of benzene rings is 1. The third kappa shape index (κ3) is 10.8. The lowest BCUT2D eigenvalue weighted by molar-refractivity contribution is -0.147. The SMILES string of the molecule is COC(=O)[C@H]1CCC(=O)N(C)CC(=O)N[C@@H](C(=O)OC)CC(=O)N[C@@H](Cc2ccccc2)C(=O)N[C@@H](CO)CC(=O)N1. The molecule has 0 saturated carbocycles. The van der Waals surface area contributed by atoms with E-state index in [4.69, 9.17) is 9.47 Å². The average Bonchev–Trinajstić information content (AvgIpc) is 2.96. The molecule has 5 N–H and O–H groups in total. The summed E-state index contributed by atoms with van der Waals surface area (Å²) in [6.07, 6.45) is -1.41. The Labute approximate surface area is 242 Å². The van der Waals surface area contributed by atoms with Crippen LogP contribution in [0.15, 0.2) is 30.3 Å². The van der Waals surface area contributed by atoms with Crippen molar-refractivity contribution in [3.8, 4) is 0 Å². The van der Waals surface area contributed by atoms with Gasteiger partial charge >= 0.3 is 11.9 Å². The van der Waals surface area contributed by atoms with Crippen LogP contribution < -0.4 is 21.3 Å². The summed E-state index contributed by atoms with van der Waals surface area (Å²) in [4.78, 5) is 89.9. The van der Waals surface area contributed by atoms with E-state index in [1.54, 1.807) is 30.3 Å². The Kier molecular flexibility index (Phi) is 13.4. The number of nitrogens with one attached hydrogen (secondary N) is 4. The van der Waals surface area contributed by atoms with Crippen molar-refractivity contribution in [3.63, 3.8) is 0 Å². The first-order valence-electron chi connectivity index (χ1n) is 13.2. The Morgan fingerprint density at radius 2 is 1.45 bits per heavy atom. The Morgan fingerprint density at radius 3 is 2.07 bits per heavy atom. The van der Waals surface area contributed by atoms with Gasteiger partial charge in [-0.1, -0.05) is 30.3 Å². The van der Waals surface area contributed by atoms with Gasteiger partial charge < -0.3 is 40.7 Å². The number of aliphatic hydroxyl groups is 1. The quantitative estimate of drug-likeness (QED) is 0.228. The predicted octanol–water partition coefficient (Wildman–Crippen LogP) is -2.46. The van der Waals surface area contributed by atoms with E-state index in [9.17, 15) is 38.7 Å². The minimum absolute atomic E-state index is 0.0231. The molecule has 0 bridgehead atoms. The minimum Gasteiger partial charge on any atom is -0.467 e. The number of aliphatic hydroxyl groups excluding tert-OH is 1. The van der Waals surface area contributed by atoms with E-state index >= 15 is 0 Å². The van der Waals surface area contributed by atoms with Gasteiger partial charge in [-0.05, 0) is 12.0 Å². The molecule has 1 fully saturated rings. The van der Waals surface area contributed by atoms with Gasteiger partial charge in [-0.25, -0.2) is 9.59 Å². The number of hydrogen-bond donors (Lipinski definition) is 5. The van der Waals surface area contributed by atoms with E-state index in [1.807, 2.05) is 0 Å². The molecule has 2 rings (SSSR count). The molecule has 0 radical (unpaired) electrons. The molecule has 1 saturated heterocycles. The maximum absolute atomic E-state index is 13.2. The van der Waals surface area contributed by atoms with E-state index in [1.165, 1.54) is 7.05 Å². The van der Waals surface area contributed by atoms with Crippen LogP contribution in [-0.2, 0) is 49.5 Å². The number of carbonyl (C=O) groups excluding carboxylic acids is 7. The van der Waals surface area contributed by atoms with Crippen molar-refractivity contribution in [2.75, 3.05) is 34.4 Å². The summed E-state index contributed by atoms with van der Waals surface area (Å²) < 4.78 is 9.42. The third-order valence-electron chi connectivity index (χ3n) is 6.42. The topological polar surface area (TPSA) is 210 Å². The fourth-order valence-corrected chi connectivity index (χ4v) is 4.17. The van der Waals surface area contributed by atoms with Gasteiger partial charge in [0.2, 0.25) is 29.5 Å². The van der Waals surface area contributed by atoms with Crippen LogP contribution in [0.2, 0.25) is 0 Å². The van der Waals surface area contributed by atoms with E-state index < -0.39 is 91.6 Å². The van der Waals surface area contributed by atoms with Gasteiger partial charge in [0.15, 0.2) is 0 Å². The average molecular weight is 592 g/mol. The van der Waals surface area contributed by atoms with E-state index in [0.29, 0.717) is 5.56 Å². The van der Waals surface area contributed by atoms with Gasteiger partial charge in [-0.3, -0.25) is 24.0 Å². The number of rotatable bonds is 5. The molecule has 1 aromatic carbocycles. The maximum atomic E-state index is 13.2. The Balaban J connectivity index is 2.39. The van der Waals surface area contributed by atoms with E-state index in [-0.39, 0.29) is 19.3 Å². The molecule has 230 valence electrons. The number of amides is 5. The summed E-state index contributed by atoms with van der Waals surface area (Å²) in [5.74, 6) is -5.29. The molecule has 42 heavy (non-hydrogen) atoms. The summed E-state index contributed by atoms with van der Waals surface area (Å²) in [6.45, 7) is -1.13. The largest absolute Gasteiger partial charge is 0.467 e. The molecule has 0 unspecified atom stereocenters. The van der Waals surface area contributed by atoms with Crippen LogP contribution in [0.25, 0.3) is 0 Å². The fraction of sp³-hybridized carbons (Fsp3) is 0.519. The van der Waals surface area contributed by atoms with Crippen molar-refractivity contribution >= 4 is 41.5 Å². The highest BCUT2D eigenvalue weighted by molar-refractivity contribution is 5.93. The zero-order valence-electron chi connectivity index (χ0n) is 23.7. The van der Waals surface area contributed by atoms with E-state index in [2.05, 4.69) is 21.3 Å². The first kappa shape index (κ1) is 33.7. The monoisotopic (exact) mass is 591 g/mol. The molecule has 5 amide bonds. The van der Waals surface area contributed by atoms with Crippen molar-refractivity contribution in [3.05, 3.63) is 35.9 Å². The molecular formula is C27H37N5O10. The summed E-state index contributed by atoms with van der Waals surface area (Å²) in [5.41, 5.74) is 0.682. The molecule has 0 aliphatic carbocycles. The van der Waals surface area contributed by atoms with Crippen molar-refractivity contribution in [2.45, 2.75) is 56.3 Å². The van der Waals surface area contributed by atoms with Gasteiger partial charge in [-0.2, -0.15) is 0 Å². The maximum Gasteiger partial charge on any atom is 0.328 e. The molecule has 15 nitrogen and oxygen atoms in total. The standard InChI is InChI=1S/C27H37N5O10/c1-32-14-23(36)31-20(27(40)42-3)13-22(35)30-19(11-16-7-5-4-6-8-16)25(38)28-17(15-33)12-21(34)29-18(26(39)41-2)9-10-24(32)37/h4-8,17-20,33H,9-15H2,1-3H3,(H,28,38)(H,29,34)(H,30,35)(H,31,36)/t17-,18-,19+,20-/m1/s1. The zero-order valence-corrected chi connectivity index (χ0v) is 23.7. The van der Waals surface area contributed by atoms with Gasteiger partial charge in [0.05, 0.1) is 39.8 Å². The lowest BCUT2D eigenvalue weighted by Gasteiger charge is -2.24. The molecule has 0 aromatic heterocycles. The van der Waals surface area contributed by atoms with Crippen molar-refractivity contribution in [2.24, 2.45) is 0 Å². The van der Waals surface area contributed by atoms with Crippen LogP contribution in [0.3, 0.4) is 0 Å². The second-order valence-corrected chi connectivity index (χ2v) is 9.68. The number of hydrogen-bond acceptors (Lipinski definition) is 10. The smallest absolute Gasteiger partial charge is 0.328 e. The van der Waals surface area contributed by atoms with Gasteiger partial charge in [0.1, 0.15) is 18.1 Å². The van der Waals surface area contributed by atoms with Crippen LogP contribution in [0.1, 0.15) is 31.2 Å². The van der Waals surface area contributed by atoms with Crippen LogP contribution >= 0.6 is 0 Å². The van der Waals surface area contributed by atoms with Crippen LogP contribution in [-0.4, -0.2) is 110 Å². The van der Waals surface area contributed by atoms with Gasteiger partial charge in [0.25, 0.3) is 0 Å². The first-order valence-corrected chi connectivity index (χ1v) is 13.2. The highest BCUT2D eigenvalue weighted by atomic mass is 16.5. The van der Waals surface area contributed by atoms with Crippen molar-refractivity contribution < 1.29 is 48.1 Å². The Hall–Kier alpha value is -4.53. The summed E-state index contributed by atoms with van der Waals surface area (Å²) in [5, 5.41) is 19.7. The van der Waals surface area contributed by atoms with Crippen LogP contribution in [0.4, 0.5) is 0 Å². The number of methoxy groups -OCH3 is 2. The van der Waals surface area contributed by atoms with E-state index in [0.717, 1.165) is 19.1 Å². The molecule has 1 aromatic rings. The predicted molar refractivity (Wildman–Crippen MR) is 145 cm³/mol. The molecule has 0 spiro atoms. The van der Waals surface area contributed by atoms with Crippen molar-refractivity contribution in [1.82, 2.24) is 26.2 Å². The second-order valence-electron chi connectivity index (χ2n) is 9.68. The lowest BCUT2D eigenvalue weighted by Crippen LogP contribution is -2.54. The van der Waals surface area contributed by atoms with Crippen molar-refractivity contribution in [1.29, 1.82) is 0 Å². The molecule has 1 heterocycles. The fourth-order valence-electron chi connectivity index (χ4n) is 4.17. The number of likely N-dealkylation sites (N-methyl/N-ethyl adjacent to an activating group) is 1. The normalized spacial score (nSPS) is 23.6. The Morgan fingerprint density at radius 1 is 0.857 bits per heavy atom. The number of ether oxygens (including phenoxy) is 2. The molecule has 4 atom stereocenters. The van der Waals surface area contributed by atoms with Crippen LogP contribution in [0, 0.1) is 0 Å². The van der Waals surface area contributed by atoms with Crippen LogP contribution in [0.5, 0.6) is 0 Å². The van der Waals surface area contributed by atoms with Gasteiger partial charge in [-0.15, -0.1) is 0 Å². The summed E-state index contributed by atoms with van der Waals surface area (Å²) >= 11 is 0. The number of esters is 2. The molecule has 1 aliphatic heterocycles. The second kappa shape index (κ2) is 16.7. The first-order chi connectivity index (χ1) is 20.0. The molecule has 15 heteroatoms. The number of nitrogens with zero attached hydrogens (tertiary/aromatic N) is 1.